The Balaban J connectivity index is 1.52. The number of hydrogen-bond donors (Lipinski definition) is 0. The van der Waals surface area contributed by atoms with Gasteiger partial charge in [0.1, 0.15) is 0 Å². The fourth-order valence-electron chi connectivity index (χ4n) is 3.28. The largest absolute Gasteiger partial charge is 0.380 e. The summed E-state index contributed by atoms with van der Waals surface area (Å²) >= 11 is 0. The lowest BCUT2D eigenvalue weighted by molar-refractivity contribution is 0.0618. The molecule has 0 N–H and O–H groups in total. The van der Waals surface area contributed by atoms with E-state index in [1.807, 2.05) is 18.3 Å². The third-order valence-corrected chi connectivity index (χ3v) is 4.72. The van der Waals surface area contributed by atoms with Crippen molar-refractivity contribution in [3.8, 4) is 0 Å². The van der Waals surface area contributed by atoms with Crippen LogP contribution in [0.3, 0.4) is 0 Å². The molecule has 0 bridgehead atoms. The summed E-state index contributed by atoms with van der Waals surface area (Å²) in [4.78, 5) is 19.0. The van der Waals surface area contributed by atoms with Crippen molar-refractivity contribution in [1.29, 1.82) is 0 Å². The molecule has 1 aliphatic carbocycles. The second kappa shape index (κ2) is 6.32. The number of imidazole rings is 1. The number of fused-ring (bicyclic) bond motifs is 1. The number of rotatable bonds is 5. The van der Waals surface area contributed by atoms with Gasteiger partial charge >= 0.3 is 0 Å². The van der Waals surface area contributed by atoms with Crippen LogP contribution in [0.1, 0.15) is 40.5 Å². The molecule has 24 heavy (non-hydrogen) atoms. The monoisotopic (exact) mass is 327 g/mol. The number of hydrogen-bond acceptors (Lipinski definition) is 5. The van der Waals surface area contributed by atoms with Crippen molar-refractivity contribution in [2.24, 2.45) is 13.0 Å². The van der Waals surface area contributed by atoms with Gasteiger partial charge in [0, 0.05) is 31.8 Å². The fourth-order valence-corrected chi connectivity index (χ4v) is 3.28. The molecule has 7 nitrogen and oxygen atoms in total. The molecule has 1 aliphatic heterocycles. The van der Waals surface area contributed by atoms with Gasteiger partial charge in [0.25, 0.3) is 5.91 Å². The number of amides is 1. The Bertz CT molecular complexity index is 726. The second-order valence-electron chi connectivity index (χ2n) is 6.68. The van der Waals surface area contributed by atoms with Gasteiger partial charge in [-0.2, -0.15) is 10.2 Å². The summed E-state index contributed by atoms with van der Waals surface area (Å²) in [5.74, 6) is 0.854. The van der Waals surface area contributed by atoms with E-state index in [9.17, 15) is 4.79 Å². The molecule has 4 rings (SSSR count). The molecular weight excluding hydrogens is 306 g/mol. The topological polar surface area (TPSA) is 73.1 Å². The molecule has 2 aromatic rings. The van der Waals surface area contributed by atoms with E-state index in [1.165, 1.54) is 24.7 Å². The zero-order valence-electron chi connectivity index (χ0n) is 13.8. The average molecular weight is 327 g/mol. The summed E-state index contributed by atoms with van der Waals surface area (Å²) in [6.07, 6.45) is 7.43. The first-order valence-electron chi connectivity index (χ1n) is 8.36. The Morgan fingerprint density at radius 3 is 2.96 bits per heavy atom. The highest BCUT2D eigenvalue weighted by Crippen LogP contribution is 2.31. The van der Waals surface area contributed by atoms with Crippen molar-refractivity contribution in [3.63, 3.8) is 0 Å². The summed E-state index contributed by atoms with van der Waals surface area (Å²) in [6, 6.07) is 1.70. The lowest BCUT2D eigenvalue weighted by Gasteiger charge is -2.32. The maximum Gasteiger partial charge on any atom is 0.255 e. The molecule has 2 aromatic heterocycles. The first-order valence-corrected chi connectivity index (χ1v) is 8.36. The third-order valence-electron chi connectivity index (χ3n) is 4.72. The molecule has 0 unspecified atom stereocenters. The zero-order chi connectivity index (χ0) is 16.5. The highest BCUT2D eigenvalue weighted by atomic mass is 16.5. The van der Waals surface area contributed by atoms with Gasteiger partial charge in [0.05, 0.1) is 43.1 Å². The number of ether oxygens (including phenoxy) is 1. The first kappa shape index (κ1) is 15.3. The molecule has 2 aliphatic rings. The van der Waals surface area contributed by atoms with E-state index in [0.29, 0.717) is 25.3 Å². The van der Waals surface area contributed by atoms with E-state index < -0.39 is 0 Å². The van der Waals surface area contributed by atoms with E-state index in [1.54, 1.807) is 12.3 Å². The Hall–Kier alpha value is -2.28. The Morgan fingerprint density at radius 2 is 2.21 bits per heavy atom. The van der Waals surface area contributed by atoms with Crippen LogP contribution in [0.25, 0.3) is 0 Å². The number of carbonyl (C=O) groups is 1. The van der Waals surface area contributed by atoms with Gasteiger partial charge in [-0.25, -0.2) is 4.98 Å². The highest BCUT2D eigenvalue weighted by Gasteiger charge is 2.32. The molecule has 0 saturated heterocycles. The quantitative estimate of drug-likeness (QED) is 0.829. The SMILES string of the molecule is Cn1cnc2c1[C@H](COCC1CC1)CN(C(=O)c1ccnnc1)C2. The maximum absolute atomic E-state index is 12.7. The van der Waals surface area contributed by atoms with Gasteiger partial charge in [0.2, 0.25) is 0 Å². The summed E-state index contributed by atoms with van der Waals surface area (Å²) < 4.78 is 7.96. The van der Waals surface area contributed by atoms with E-state index in [2.05, 4.69) is 19.7 Å². The number of aryl methyl sites for hydroxylation is 1. The smallest absolute Gasteiger partial charge is 0.255 e. The summed E-state index contributed by atoms with van der Waals surface area (Å²) in [7, 11) is 2.00. The zero-order valence-corrected chi connectivity index (χ0v) is 13.8. The molecule has 1 atom stereocenters. The van der Waals surface area contributed by atoms with Gasteiger partial charge in [-0.1, -0.05) is 0 Å². The maximum atomic E-state index is 12.7. The Kier molecular flexibility index (Phi) is 4.02. The van der Waals surface area contributed by atoms with E-state index in [-0.39, 0.29) is 11.8 Å². The van der Waals surface area contributed by atoms with E-state index in [4.69, 9.17) is 4.74 Å². The predicted molar refractivity (Wildman–Crippen MR) is 86.3 cm³/mol. The van der Waals surface area contributed by atoms with Gasteiger partial charge in [-0.15, -0.1) is 0 Å². The third kappa shape index (κ3) is 3.03. The molecule has 0 spiro atoms. The first-order chi connectivity index (χ1) is 11.7. The molecule has 7 heteroatoms. The van der Waals surface area contributed by atoms with Crippen LogP contribution >= 0.6 is 0 Å². The van der Waals surface area contributed by atoms with Gasteiger partial charge in [-0.3, -0.25) is 4.79 Å². The molecular formula is C17H21N5O2. The average Bonchev–Trinajstić information content (AvgIpc) is 3.36. The van der Waals surface area contributed by atoms with E-state index >= 15 is 0 Å². The van der Waals surface area contributed by atoms with Crippen LogP contribution in [0.4, 0.5) is 0 Å². The predicted octanol–water partition coefficient (Wildman–Crippen LogP) is 1.38. The second-order valence-corrected chi connectivity index (χ2v) is 6.68. The van der Waals surface area contributed by atoms with Crippen molar-refractivity contribution < 1.29 is 9.53 Å². The van der Waals surface area contributed by atoms with Crippen LogP contribution in [-0.4, -0.2) is 50.3 Å². The van der Waals surface area contributed by atoms with Crippen molar-refractivity contribution in [2.75, 3.05) is 19.8 Å². The van der Waals surface area contributed by atoms with Crippen molar-refractivity contribution in [2.45, 2.75) is 25.3 Å². The minimum Gasteiger partial charge on any atom is -0.380 e. The van der Waals surface area contributed by atoms with Crippen molar-refractivity contribution in [1.82, 2.24) is 24.6 Å². The molecule has 3 heterocycles. The minimum absolute atomic E-state index is 0.0339. The Labute approximate surface area is 140 Å². The lowest BCUT2D eigenvalue weighted by Crippen LogP contribution is -2.40. The van der Waals surface area contributed by atoms with Crippen LogP contribution in [0, 0.1) is 5.92 Å². The van der Waals surface area contributed by atoms with Crippen molar-refractivity contribution in [3.05, 3.63) is 41.7 Å². The van der Waals surface area contributed by atoms with Gasteiger partial charge in [-0.05, 0) is 24.8 Å². The minimum atomic E-state index is -0.0339. The summed E-state index contributed by atoms with van der Waals surface area (Å²) in [5, 5.41) is 7.54. The summed E-state index contributed by atoms with van der Waals surface area (Å²) in [5.41, 5.74) is 2.70. The molecule has 1 amide bonds. The molecule has 0 aromatic carbocycles. The lowest BCUT2D eigenvalue weighted by atomic mass is 9.98. The fraction of sp³-hybridized carbons (Fsp3) is 0.529. The van der Waals surface area contributed by atoms with Crippen LogP contribution in [0.2, 0.25) is 0 Å². The molecule has 1 saturated carbocycles. The molecule has 1 fully saturated rings. The standard InChI is InChI=1S/C17H21N5O2/c1-21-11-18-15-8-22(17(23)13-4-5-19-20-6-13)7-14(16(15)21)10-24-9-12-2-3-12/h4-6,11-12,14H,2-3,7-10H2,1H3/t14-/m0/s1. The van der Waals surface area contributed by atoms with Crippen LogP contribution in [0.5, 0.6) is 0 Å². The van der Waals surface area contributed by atoms with Crippen LogP contribution in [0.15, 0.2) is 24.8 Å². The van der Waals surface area contributed by atoms with Crippen LogP contribution < -0.4 is 0 Å². The highest BCUT2D eigenvalue weighted by molar-refractivity contribution is 5.93. The normalized spacial score (nSPS) is 20.0. The summed E-state index contributed by atoms with van der Waals surface area (Å²) in [6.45, 7) is 2.61. The molecule has 126 valence electrons. The number of aromatic nitrogens is 4. The van der Waals surface area contributed by atoms with Crippen molar-refractivity contribution >= 4 is 5.91 Å². The van der Waals surface area contributed by atoms with Gasteiger partial charge in [0.15, 0.2) is 0 Å². The Morgan fingerprint density at radius 1 is 1.33 bits per heavy atom. The van der Waals surface area contributed by atoms with Crippen LogP contribution in [-0.2, 0) is 18.3 Å². The number of carbonyl (C=O) groups excluding carboxylic acids is 1. The molecule has 0 radical (unpaired) electrons. The number of nitrogens with zero attached hydrogens (tertiary/aromatic N) is 5. The van der Waals surface area contributed by atoms with Gasteiger partial charge < -0.3 is 14.2 Å². The van der Waals surface area contributed by atoms with E-state index in [0.717, 1.165) is 18.2 Å².